The molecular formula is C18H14F2NO2PS. The monoisotopic (exact) mass is 377 g/mol. The van der Waals surface area contributed by atoms with Crippen molar-refractivity contribution in [2.45, 2.75) is 5.66 Å². The van der Waals surface area contributed by atoms with E-state index in [1.54, 1.807) is 36.4 Å². The number of carbonyl (C=O) groups excluding carboxylic acids is 2. The predicted molar refractivity (Wildman–Crippen MR) is 99.7 cm³/mol. The van der Waals surface area contributed by atoms with Crippen molar-refractivity contribution in [2.75, 3.05) is 12.0 Å². The molecule has 0 saturated heterocycles. The minimum Gasteiger partial charge on any atom is -0.322 e. The first-order valence-corrected chi connectivity index (χ1v) is 9.73. The fourth-order valence-corrected chi connectivity index (χ4v) is 4.30. The Morgan fingerprint density at radius 1 is 1.20 bits per heavy atom. The van der Waals surface area contributed by atoms with Crippen LogP contribution in [0.3, 0.4) is 0 Å². The summed E-state index contributed by atoms with van der Waals surface area (Å²) in [4.78, 5) is 23.6. The number of fused-ring (bicyclic) bond motifs is 1. The molecule has 0 aliphatic heterocycles. The number of carbonyl (C=O) groups is 2. The van der Waals surface area contributed by atoms with Crippen molar-refractivity contribution in [1.82, 2.24) is 0 Å². The van der Waals surface area contributed by atoms with Crippen molar-refractivity contribution in [1.29, 1.82) is 0 Å². The van der Waals surface area contributed by atoms with Gasteiger partial charge < -0.3 is 5.32 Å². The molecule has 0 aliphatic rings. The van der Waals surface area contributed by atoms with Crippen LogP contribution >= 0.6 is 19.9 Å². The van der Waals surface area contributed by atoms with Gasteiger partial charge in [0.25, 0.3) is 11.6 Å². The van der Waals surface area contributed by atoms with Gasteiger partial charge in [-0.25, -0.2) is 0 Å². The maximum absolute atomic E-state index is 14.1. The molecule has 0 aliphatic carbocycles. The molecule has 3 aromatic rings. The highest BCUT2D eigenvalue weighted by Crippen LogP contribution is 2.49. The zero-order valence-electron chi connectivity index (χ0n) is 13.2. The van der Waals surface area contributed by atoms with Crippen molar-refractivity contribution in [2.24, 2.45) is 0 Å². The van der Waals surface area contributed by atoms with Crippen LogP contribution in [0.5, 0.6) is 0 Å². The fourth-order valence-electron chi connectivity index (χ4n) is 2.45. The van der Waals surface area contributed by atoms with Crippen LogP contribution in [0.1, 0.15) is 25.6 Å². The number of amides is 1. The topological polar surface area (TPSA) is 46.2 Å². The van der Waals surface area contributed by atoms with Gasteiger partial charge in [-0.3, -0.25) is 9.59 Å². The normalized spacial score (nSPS) is 12.0. The minimum absolute atomic E-state index is 0.0336. The third-order valence-corrected chi connectivity index (χ3v) is 6.05. The van der Waals surface area contributed by atoms with E-state index in [1.807, 2.05) is 6.07 Å². The van der Waals surface area contributed by atoms with E-state index >= 15 is 0 Å². The first-order chi connectivity index (χ1) is 12.0. The predicted octanol–water partition coefficient (Wildman–Crippen LogP) is 5.32. The molecule has 25 heavy (non-hydrogen) atoms. The van der Waals surface area contributed by atoms with E-state index in [2.05, 4.69) is 5.32 Å². The highest BCUT2D eigenvalue weighted by molar-refractivity contribution is 7.39. The lowest BCUT2D eigenvalue weighted by Crippen LogP contribution is -2.11. The van der Waals surface area contributed by atoms with Crippen molar-refractivity contribution >= 4 is 47.9 Å². The molecule has 1 aromatic heterocycles. The highest BCUT2D eigenvalue weighted by Gasteiger charge is 2.35. The average molecular weight is 377 g/mol. The van der Waals surface area contributed by atoms with Crippen LogP contribution in [0.2, 0.25) is 0 Å². The number of halogens is 2. The van der Waals surface area contributed by atoms with E-state index in [0.29, 0.717) is 27.6 Å². The summed E-state index contributed by atoms with van der Waals surface area (Å²) in [6.07, 6.45) is 0.446. The Hall–Kier alpha value is -2.17. The number of anilines is 1. The lowest BCUT2D eigenvalue weighted by Gasteiger charge is -2.12. The van der Waals surface area contributed by atoms with Gasteiger partial charge in [-0.05, 0) is 45.6 Å². The van der Waals surface area contributed by atoms with Gasteiger partial charge in [-0.2, -0.15) is 8.78 Å². The second kappa shape index (κ2) is 6.98. The van der Waals surface area contributed by atoms with Gasteiger partial charge in [0.05, 0.1) is 4.88 Å². The number of aldehydes is 1. The zero-order valence-corrected chi connectivity index (χ0v) is 15.0. The van der Waals surface area contributed by atoms with Crippen LogP contribution in [0, 0.1) is 0 Å². The first kappa shape index (κ1) is 17.6. The smallest absolute Gasteiger partial charge is 0.296 e. The second-order valence-electron chi connectivity index (χ2n) is 5.32. The number of para-hydroxylation sites is 1. The summed E-state index contributed by atoms with van der Waals surface area (Å²) in [6.45, 7) is 1.40. The van der Waals surface area contributed by atoms with Crippen molar-refractivity contribution in [3.63, 3.8) is 0 Å². The van der Waals surface area contributed by atoms with E-state index in [9.17, 15) is 18.4 Å². The molecule has 1 heterocycles. The number of thiophene rings is 1. The quantitative estimate of drug-likeness (QED) is 0.483. The minimum atomic E-state index is -3.04. The molecule has 0 fully saturated rings. The van der Waals surface area contributed by atoms with E-state index < -0.39 is 14.2 Å². The molecule has 1 unspecified atom stereocenters. The summed E-state index contributed by atoms with van der Waals surface area (Å²) in [7, 11) is -0.641. The number of hydrogen-bond donors (Lipinski definition) is 1. The van der Waals surface area contributed by atoms with Crippen LogP contribution in [0.4, 0.5) is 14.5 Å². The molecule has 1 N–H and O–H groups in total. The number of hydrogen-bond acceptors (Lipinski definition) is 3. The maximum atomic E-state index is 14.1. The van der Waals surface area contributed by atoms with Crippen molar-refractivity contribution in [3.05, 3.63) is 64.5 Å². The van der Waals surface area contributed by atoms with E-state index in [1.165, 1.54) is 12.7 Å². The summed E-state index contributed by atoms with van der Waals surface area (Å²) in [5.74, 6) is -0.359. The Morgan fingerprint density at radius 3 is 2.56 bits per heavy atom. The molecule has 3 nitrogen and oxygen atoms in total. The van der Waals surface area contributed by atoms with Gasteiger partial charge in [-0.1, -0.05) is 18.2 Å². The van der Waals surface area contributed by atoms with Gasteiger partial charge in [-0.15, -0.1) is 11.3 Å². The average Bonchev–Trinajstić information content (AvgIpc) is 3.01. The largest absolute Gasteiger partial charge is 0.322 e. The van der Waals surface area contributed by atoms with Crippen molar-refractivity contribution < 1.29 is 18.4 Å². The summed E-state index contributed by atoms with van der Waals surface area (Å²) in [5.41, 5.74) is -2.13. The van der Waals surface area contributed by atoms with Crippen LogP contribution in [0.25, 0.3) is 10.1 Å². The van der Waals surface area contributed by atoms with Gasteiger partial charge in [0.1, 0.15) is 0 Å². The van der Waals surface area contributed by atoms with Crippen LogP contribution in [0.15, 0.2) is 48.5 Å². The molecule has 0 spiro atoms. The SMILES string of the molecule is CPC(F)(F)c1sc2ccc(C(=O)Nc3ccccc3)cc2c1C=O. The number of benzene rings is 2. The summed E-state index contributed by atoms with van der Waals surface area (Å²) in [5, 5.41) is 3.12. The van der Waals surface area contributed by atoms with E-state index in [0.717, 1.165) is 11.3 Å². The van der Waals surface area contributed by atoms with Gasteiger partial charge in [0.15, 0.2) is 6.29 Å². The summed E-state index contributed by atoms with van der Waals surface area (Å²) < 4.78 is 28.8. The molecule has 128 valence electrons. The molecule has 0 saturated carbocycles. The Bertz CT molecular complexity index is 941. The molecule has 2 aromatic carbocycles. The second-order valence-corrected chi connectivity index (χ2v) is 7.50. The Labute approximate surface area is 148 Å². The molecule has 1 amide bonds. The highest BCUT2D eigenvalue weighted by atomic mass is 32.1. The van der Waals surface area contributed by atoms with Crippen LogP contribution in [-0.2, 0) is 5.66 Å². The third-order valence-electron chi connectivity index (χ3n) is 3.74. The van der Waals surface area contributed by atoms with Crippen LogP contribution < -0.4 is 5.32 Å². The van der Waals surface area contributed by atoms with E-state index in [-0.39, 0.29) is 16.3 Å². The lowest BCUT2D eigenvalue weighted by molar-refractivity contribution is 0.100. The van der Waals surface area contributed by atoms with Gasteiger partial charge in [0.2, 0.25) is 0 Å². The summed E-state index contributed by atoms with van der Waals surface area (Å²) in [6, 6.07) is 13.6. The third kappa shape index (κ3) is 3.46. The van der Waals surface area contributed by atoms with Gasteiger partial charge in [0, 0.05) is 26.9 Å². The Morgan fingerprint density at radius 2 is 1.92 bits per heavy atom. The molecule has 3 rings (SSSR count). The summed E-state index contributed by atoms with van der Waals surface area (Å²) >= 11 is 0.898. The molecule has 0 bridgehead atoms. The van der Waals surface area contributed by atoms with Gasteiger partial charge >= 0.3 is 0 Å². The molecule has 0 radical (unpaired) electrons. The number of alkyl halides is 2. The first-order valence-electron chi connectivity index (χ1n) is 7.41. The number of nitrogens with one attached hydrogen (secondary N) is 1. The van der Waals surface area contributed by atoms with Crippen molar-refractivity contribution in [3.8, 4) is 0 Å². The maximum Gasteiger partial charge on any atom is 0.296 e. The Balaban J connectivity index is 2.02. The van der Waals surface area contributed by atoms with E-state index in [4.69, 9.17) is 0 Å². The molecule has 1 atom stereocenters. The number of rotatable bonds is 5. The lowest BCUT2D eigenvalue weighted by atomic mass is 10.1. The fraction of sp³-hybridized carbons (Fsp3) is 0.111. The standard InChI is InChI=1S/C18H14F2NO2PS/c1-24-18(19,20)16-14(10-22)13-9-11(7-8-15(13)25-16)17(23)21-12-5-3-2-4-6-12/h2-10,24H,1H3,(H,21,23). The molecular weight excluding hydrogens is 363 g/mol. The molecule has 7 heteroatoms. The van der Waals surface area contributed by atoms with Crippen LogP contribution in [-0.4, -0.2) is 18.9 Å². The Kier molecular flexibility index (Phi) is 4.93. The zero-order chi connectivity index (χ0) is 18.0.